The number of para-hydroxylation sites is 1. The SMILES string of the molecule is O=C1C(=O)N(CCc2c[nH]c3ccccc23)C(c2cccc(O)c2)/C1=C(/O)c1ccc(Br)cc1. The molecule has 2 heterocycles. The number of Topliss-reactive ketones (excluding diaryl/α,β-unsaturated/α-hetero) is 1. The predicted octanol–water partition coefficient (Wildman–Crippen LogP) is 5.30. The van der Waals surface area contributed by atoms with E-state index in [4.69, 9.17) is 0 Å². The number of carbonyl (C=O) groups is 2. The number of ketones is 1. The van der Waals surface area contributed by atoms with E-state index in [1.807, 2.05) is 30.5 Å². The van der Waals surface area contributed by atoms with E-state index in [0.717, 1.165) is 20.9 Å². The van der Waals surface area contributed by atoms with Crippen molar-refractivity contribution in [1.82, 2.24) is 9.88 Å². The van der Waals surface area contributed by atoms with Crippen molar-refractivity contribution in [1.29, 1.82) is 0 Å². The Morgan fingerprint density at radius 2 is 1.76 bits per heavy atom. The molecule has 34 heavy (non-hydrogen) atoms. The van der Waals surface area contributed by atoms with Crippen LogP contribution in [0.15, 0.2) is 89.0 Å². The van der Waals surface area contributed by atoms with Gasteiger partial charge in [-0.15, -0.1) is 0 Å². The number of phenolic OH excluding ortho intramolecular Hbond substituents is 1. The van der Waals surface area contributed by atoms with E-state index in [2.05, 4.69) is 20.9 Å². The third-order valence-corrected chi connectivity index (χ3v) is 6.67. The van der Waals surface area contributed by atoms with Gasteiger partial charge in [0.15, 0.2) is 0 Å². The molecule has 1 amide bonds. The summed E-state index contributed by atoms with van der Waals surface area (Å²) in [4.78, 5) is 31.0. The lowest BCUT2D eigenvalue weighted by Gasteiger charge is -2.25. The highest BCUT2D eigenvalue weighted by Crippen LogP contribution is 2.40. The summed E-state index contributed by atoms with van der Waals surface area (Å²) in [6.45, 7) is 0.268. The second-order valence-electron chi connectivity index (χ2n) is 8.20. The largest absolute Gasteiger partial charge is 0.508 e. The van der Waals surface area contributed by atoms with Gasteiger partial charge in [0, 0.05) is 33.7 Å². The van der Waals surface area contributed by atoms with Gasteiger partial charge in [0.2, 0.25) is 0 Å². The summed E-state index contributed by atoms with van der Waals surface area (Å²) < 4.78 is 0.827. The van der Waals surface area contributed by atoms with Crippen LogP contribution in [0.25, 0.3) is 16.7 Å². The number of aromatic nitrogens is 1. The fourth-order valence-electron chi connectivity index (χ4n) is 4.49. The molecular formula is C27H21BrN2O4. The van der Waals surface area contributed by atoms with Gasteiger partial charge in [0.25, 0.3) is 11.7 Å². The zero-order chi connectivity index (χ0) is 23.8. The first-order valence-corrected chi connectivity index (χ1v) is 11.6. The molecule has 1 aliphatic heterocycles. The minimum atomic E-state index is -0.819. The van der Waals surface area contributed by atoms with Crippen molar-refractivity contribution in [3.8, 4) is 5.75 Å². The number of aliphatic hydroxyl groups is 1. The molecule has 4 aromatic rings. The Morgan fingerprint density at radius 3 is 2.53 bits per heavy atom. The number of H-pyrrole nitrogens is 1. The van der Waals surface area contributed by atoms with Crippen LogP contribution in [0.2, 0.25) is 0 Å². The smallest absolute Gasteiger partial charge is 0.295 e. The first-order chi connectivity index (χ1) is 16.4. The van der Waals surface area contributed by atoms with Crippen molar-refractivity contribution >= 4 is 44.3 Å². The van der Waals surface area contributed by atoms with Crippen molar-refractivity contribution in [2.45, 2.75) is 12.5 Å². The summed E-state index contributed by atoms with van der Waals surface area (Å²) in [5.41, 5.74) is 3.02. The van der Waals surface area contributed by atoms with Gasteiger partial charge < -0.3 is 20.1 Å². The molecule has 0 bridgehead atoms. The quantitative estimate of drug-likeness (QED) is 0.190. The molecule has 3 N–H and O–H groups in total. The molecule has 0 radical (unpaired) electrons. The number of fused-ring (bicyclic) bond motifs is 1. The van der Waals surface area contributed by atoms with Gasteiger partial charge in [0.1, 0.15) is 11.5 Å². The summed E-state index contributed by atoms with van der Waals surface area (Å²) in [5.74, 6) is -1.64. The molecule has 3 aromatic carbocycles. The van der Waals surface area contributed by atoms with Gasteiger partial charge in [-0.25, -0.2) is 0 Å². The van der Waals surface area contributed by atoms with E-state index in [-0.39, 0.29) is 23.6 Å². The minimum Gasteiger partial charge on any atom is -0.508 e. The van der Waals surface area contributed by atoms with Gasteiger partial charge in [-0.05, 0) is 47.9 Å². The topological polar surface area (TPSA) is 93.6 Å². The maximum atomic E-state index is 13.2. The molecule has 5 rings (SSSR count). The van der Waals surface area contributed by atoms with Gasteiger partial charge in [-0.2, -0.15) is 0 Å². The molecule has 1 fully saturated rings. The normalized spacial score (nSPS) is 17.6. The van der Waals surface area contributed by atoms with E-state index >= 15 is 0 Å². The van der Waals surface area contributed by atoms with Gasteiger partial charge in [0.05, 0.1) is 11.6 Å². The van der Waals surface area contributed by atoms with Crippen molar-refractivity contribution in [3.63, 3.8) is 0 Å². The number of rotatable bonds is 5. The second kappa shape index (κ2) is 8.83. The molecule has 7 heteroatoms. The molecule has 1 aromatic heterocycles. The Bertz CT molecular complexity index is 1440. The predicted molar refractivity (Wildman–Crippen MR) is 133 cm³/mol. The number of hydrogen-bond acceptors (Lipinski definition) is 4. The molecule has 1 aliphatic rings. The highest BCUT2D eigenvalue weighted by Gasteiger charge is 2.46. The molecule has 0 aliphatic carbocycles. The van der Waals surface area contributed by atoms with E-state index in [0.29, 0.717) is 17.5 Å². The summed E-state index contributed by atoms with van der Waals surface area (Å²) >= 11 is 3.36. The van der Waals surface area contributed by atoms with E-state index < -0.39 is 17.7 Å². The molecule has 6 nitrogen and oxygen atoms in total. The summed E-state index contributed by atoms with van der Waals surface area (Å²) in [7, 11) is 0. The van der Waals surface area contributed by atoms with E-state index in [1.165, 1.54) is 17.0 Å². The third-order valence-electron chi connectivity index (χ3n) is 6.14. The number of amides is 1. The minimum absolute atomic E-state index is 0.0110. The highest BCUT2D eigenvalue weighted by molar-refractivity contribution is 9.10. The molecule has 1 unspecified atom stereocenters. The number of aromatic hydroxyl groups is 1. The lowest BCUT2D eigenvalue weighted by molar-refractivity contribution is -0.139. The molecule has 0 saturated carbocycles. The first-order valence-electron chi connectivity index (χ1n) is 10.8. The number of aromatic amines is 1. The fourth-order valence-corrected chi connectivity index (χ4v) is 4.76. The van der Waals surface area contributed by atoms with Gasteiger partial charge >= 0.3 is 0 Å². The average Bonchev–Trinajstić information content (AvgIpc) is 3.36. The van der Waals surface area contributed by atoms with Crippen LogP contribution in [0, 0.1) is 0 Å². The number of likely N-dealkylation sites (tertiary alicyclic amines) is 1. The number of carbonyl (C=O) groups excluding carboxylic acids is 2. The summed E-state index contributed by atoms with van der Waals surface area (Å²) in [6.07, 6.45) is 2.43. The molecular weight excluding hydrogens is 496 g/mol. The highest BCUT2D eigenvalue weighted by atomic mass is 79.9. The van der Waals surface area contributed by atoms with Gasteiger partial charge in [-0.3, -0.25) is 9.59 Å². The zero-order valence-electron chi connectivity index (χ0n) is 18.0. The lowest BCUT2D eigenvalue weighted by atomic mass is 9.95. The van der Waals surface area contributed by atoms with Crippen LogP contribution in [-0.4, -0.2) is 38.3 Å². The molecule has 0 spiro atoms. The van der Waals surface area contributed by atoms with Crippen LogP contribution >= 0.6 is 15.9 Å². The zero-order valence-corrected chi connectivity index (χ0v) is 19.6. The maximum Gasteiger partial charge on any atom is 0.295 e. The molecule has 170 valence electrons. The Kier molecular flexibility index (Phi) is 5.71. The monoisotopic (exact) mass is 516 g/mol. The number of nitrogens with zero attached hydrogens (tertiary/aromatic N) is 1. The average molecular weight is 517 g/mol. The number of phenols is 1. The lowest BCUT2D eigenvalue weighted by Crippen LogP contribution is -2.31. The summed E-state index contributed by atoms with van der Waals surface area (Å²) in [5, 5.41) is 22.3. The Balaban J connectivity index is 1.57. The van der Waals surface area contributed by atoms with Crippen LogP contribution in [0.4, 0.5) is 0 Å². The van der Waals surface area contributed by atoms with Crippen LogP contribution in [0.3, 0.4) is 0 Å². The number of halogens is 1. The molecule has 1 saturated heterocycles. The second-order valence-corrected chi connectivity index (χ2v) is 9.12. The van der Waals surface area contributed by atoms with Crippen LogP contribution in [0.1, 0.15) is 22.7 Å². The Labute approximate surface area is 204 Å². The van der Waals surface area contributed by atoms with Crippen molar-refractivity contribution in [2.75, 3.05) is 6.54 Å². The van der Waals surface area contributed by atoms with E-state index in [1.54, 1.807) is 36.4 Å². The fraction of sp³-hybridized carbons (Fsp3) is 0.111. The van der Waals surface area contributed by atoms with Crippen molar-refractivity contribution in [2.24, 2.45) is 0 Å². The maximum absolute atomic E-state index is 13.2. The van der Waals surface area contributed by atoms with Crippen molar-refractivity contribution in [3.05, 3.63) is 106 Å². The third kappa shape index (κ3) is 3.88. The number of nitrogens with one attached hydrogen (secondary N) is 1. The van der Waals surface area contributed by atoms with Gasteiger partial charge in [-0.1, -0.05) is 58.4 Å². The molecule has 1 atom stereocenters. The van der Waals surface area contributed by atoms with Crippen LogP contribution in [-0.2, 0) is 16.0 Å². The van der Waals surface area contributed by atoms with Crippen LogP contribution in [0.5, 0.6) is 5.75 Å². The Hall–Kier alpha value is -3.84. The Morgan fingerprint density at radius 1 is 1.00 bits per heavy atom. The standard InChI is InChI=1S/C27H21BrN2O4/c28-19-10-8-16(9-11-19)25(32)23-24(17-4-3-5-20(31)14-17)30(27(34)26(23)33)13-12-18-15-29-22-7-2-1-6-21(18)22/h1-11,14-15,24,29,31-32H,12-13H2/b25-23-. The van der Waals surface area contributed by atoms with E-state index in [9.17, 15) is 19.8 Å². The summed E-state index contributed by atoms with van der Waals surface area (Å²) in [6, 6.07) is 20.4. The van der Waals surface area contributed by atoms with Crippen LogP contribution < -0.4 is 0 Å². The number of aliphatic hydroxyl groups excluding tert-OH is 1. The van der Waals surface area contributed by atoms with Crippen molar-refractivity contribution < 1.29 is 19.8 Å². The number of hydrogen-bond donors (Lipinski definition) is 3. The number of benzene rings is 3. The first kappa shape index (κ1) is 22.0.